The fraction of sp³-hybridized carbons (Fsp3) is 0.857. The summed E-state index contributed by atoms with van der Waals surface area (Å²) < 4.78 is 0. The van der Waals surface area contributed by atoms with Crippen LogP contribution >= 0.6 is 11.8 Å². The Labute approximate surface area is 124 Å². The van der Waals surface area contributed by atoms with Gasteiger partial charge in [0.05, 0.1) is 0 Å². The average Bonchev–Trinajstić information content (AvgIpc) is 2.68. The molecule has 5 nitrogen and oxygen atoms in total. The lowest BCUT2D eigenvalue weighted by Crippen LogP contribution is -2.57. The maximum absolute atomic E-state index is 12.7. The normalized spacial score (nSPS) is 27.4. The van der Waals surface area contributed by atoms with E-state index in [0.717, 1.165) is 43.9 Å². The van der Waals surface area contributed by atoms with Crippen LogP contribution in [0.3, 0.4) is 0 Å². The van der Waals surface area contributed by atoms with E-state index in [9.17, 15) is 14.7 Å². The largest absolute Gasteiger partial charge is 0.479 e. The van der Waals surface area contributed by atoms with Crippen molar-refractivity contribution in [2.24, 2.45) is 0 Å². The summed E-state index contributed by atoms with van der Waals surface area (Å²) in [7, 11) is 0. The van der Waals surface area contributed by atoms with E-state index in [2.05, 4.69) is 0 Å². The van der Waals surface area contributed by atoms with Crippen LogP contribution < -0.4 is 0 Å². The lowest BCUT2D eigenvalue weighted by Gasteiger charge is -2.37. The Hall–Kier alpha value is -0.910. The highest BCUT2D eigenvalue weighted by Gasteiger charge is 2.50. The van der Waals surface area contributed by atoms with E-state index in [1.165, 1.54) is 0 Å². The van der Waals surface area contributed by atoms with Gasteiger partial charge < -0.3 is 14.9 Å². The van der Waals surface area contributed by atoms with Crippen molar-refractivity contribution in [2.45, 2.75) is 44.6 Å². The molecule has 2 rings (SSSR count). The highest BCUT2D eigenvalue weighted by Crippen LogP contribution is 2.35. The Bertz CT molecular complexity index is 369. The standard InChI is InChI=1S/C14H24N2O3S/c1-2-5-14(12(17)18)6-3-8-16(14)13(19)15-7-4-10-20-11-9-15/h2-11H2,1H3,(H,17,18). The van der Waals surface area contributed by atoms with Crippen molar-refractivity contribution < 1.29 is 14.7 Å². The van der Waals surface area contributed by atoms with Gasteiger partial charge in [-0.25, -0.2) is 9.59 Å². The van der Waals surface area contributed by atoms with Crippen LogP contribution in [0.5, 0.6) is 0 Å². The van der Waals surface area contributed by atoms with Gasteiger partial charge in [0.1, 0.15) is 5.54 Å². The van der Waals surface area contributed by atoms with Crippen LogP contribution in [0, 0.1) is 0 Å². The first kappa shape index (κ1) is 15.5. The number of rotatable bonds is 3. The zero-order chi connectivity index (χ0) is 14.6. The van der Waals surface area contributed by atoms with Crippen LogP contribution in [0.1, 0.15) is 39.0 Å². The molecule has 2 aliphatic heterocycles. The summed E-state index contributed by atoms with van der Waals surface area (Å²) in [4.78, 5) is 28.0. The highest BCUT2D eigenvalue weighted by molar-refractivity contribution is 7.99. The number of urea groups is 1. The van der Waals surface area contributed by atoms with Gasteiger partial charge in [0, 0.05) is 25.4 Å². The van der Waals surface area contributed by atoms with Crippen LogP contribution in [0.4, 0.5) is 4.79 Å². The first-order valence-electron chi connectivity index (χ1n) is 7.49. The van der Waals surface area contributed by atoms with E-state index in [-0.39, 0.29) is 6.03 Å². The minimum atomic E-state index is -0.967. The molecule has 114 valence electrons. The Balaban J connectivity index is 2.15. The van der Waals surface area contributed by atoms with E-state index in [4.69, 9.17) is 0 Å². The molecule has 2 saturated heterocycles. The topological polar surface area (TPSA) is 60.9 Å². The molecule has 0 aromatic rings. The molecule has 0 aliphatic carbocycles. The van der Waals surface area contributed by atoms with Gasteiger partial charge in [-0.2, -0.15) is 11.8 Å². The summed E-state index contributed by atoms with van der Waals surface area (Å²) in [5.41, 5.74) is -0.967. The highest BCUT2D eigenvalue weighted by atomic mass is 32.2. The van der Waals surface area contributed by atoms with Gasteiger partial charge >= 0.3 is 12.0 Å². The minimum Gasteiger partial charge on any atom is -0.479 e. The molecule has 1 N–H and O–H groups in total. The lowest BCUT2D eigenvalue weighted by molar-refractivity contribution is -0.148. The van der Waals surface area contributed by atoms with Crippen LogP contribution in [0.15, 0.2) is 0 Å². The number of carboxylic acid groups (broad SMARTS) is 1. The zero-order valence-electron chi connectivity index (χ0n) is 12.1. The Morgan fingerprint density at radius 2 is 2.00 bits per heavy atom. The van der Waals surface area contributed by atoms with Crippen molar-refractivity contribution in [2.75, 3.05) is 31.1 Å². The predicted octanol–water partition coefficient (Wildman–Crippen LogP) is 2.26. The maximum Gasteiger partial charge on any atom is 0.329 e. The maximum atomic E-state index is 12.7. The van der Waals surface area contributed by atoms with E-state index < -0.39 is 11.5 Å². The summed E-state index contributed by atoms with van der Waals surface area (Å²) in [5, 5.41) is 9.65. The fourth-order valence-corrected chi connectivity index (χ4v) is 4.16. The number of carboxylic acids is 1. The summed E-state index contributed by atoms with van der Waals surface area (Å²) in [5.74, 6) is 1.20. The van der Waals surface area contributed by atoms with E-state index in [0.29, 0.717) is 19.4 Å². The van der Waals surface area contributed by atoms with Gasteiger partial charge in [-0.3, -0.25) is 0 Å². The number of thioether (sulfide) groups is 1. The molecule has 2 heterocycles. The van der Waals surface area contributed by atoms with Crippen molar-refractivity contribution in [3.63, 3.8) is 0 Å². The van der Waals surface area contributed by atoms with E-state index >= 15 is 0 Å². The Morgan fingerprint density at radius 3 is 2.70 bits per heavy atom. The second-order valence-electron chi connectivity index (χ2n) is 5.58. The quantitative estimate of drug-likeness (QED) is 0.868. The number of likely N-dealkylation sites (tertiary alicyclic amines) is 1. The SMILES string of the molecule is CCCC1(C(=O)O)CCCN1C(=O)N1CCCSCC1. The van der Waals surface area contributed by atoms with Crippen molar-refractivity contribution in [3.8, 4) is 0 Å². The summed E-state index contributed by atoms with van der Waals surface area (Å²) in [6, 6.07) is -0.0687. The van der Waals surface area contributed by atoms with E-state index in [1.54, 1.807) is 4.90 Å². The number of carbonyl (C=O) groups is 2. The van der Waals surface area contributed by atoms with Crippen LogP contribution in [0.2, 0.25) is 0 Å². The molecule has 2 aliphatic rings. The number of amides is 2. The van der Waals surface area contributed by atoms with Crippen molar-refractivity contribution in [3.05, 3.63) is 0 Å². The van der Waals surface area contributed by atoms with Crippen molar-refractivity contribution in [1.29, 1.82) is 0 Å². The molecule has 1 atom stereocenters. The molecule has 20 heavy (non-hydrogen) atoms. The predicted molar refractivity (Wildman–Crippen MR) is 80.1 cm³/mol. The fourth-order valence-electron chi connectivity index (χ4n) is 3.27. The third kappa shape index (κ3) is 2.90. The molecule has 0 bridgehead atoms. The van der Waals surface area contributed by atoms with Crippen molar-refractivity contribution >= 4 is 23.8 Å². The second kappa shape index (κ2) is 6.70. The van der Waals surface area contributed by atoms with E-state index in [1.807, 2.05) is 23.6 Å². The summed E-state index contributed by atoms with van der Waals surface area (Å²) in [6.07, 6.45) is 3.71. The molecule has 0 aromatic heterocycles. The van der Waals surface area contributed by atoms with Crippen molar-refractivity contribution in [1.82, 2.24) is 9.80 Å². The second-order valence-corrected chi connectivity index (χ2v) is 6.80. The number of nitrogens with zero attached hydrogens (tertiary/aromatic N) is 2. The smallest absolute Gasteiger partial charge is 0.329 e. The first-order chi connectivity index (χ1) is 9.62. The van der Waals surface area contributed by atoms with Gasteiger partial charge in [-0.15, -0.1) is 0 Å². The van der Waals surface area contributed by atoms with Crippen LogP contribution in [-0.2, 0) is 4.79 Å². The number of carbonyl (C=O) groups excluding carboxylic acids is 1. The monoisotopic (exact) mass is 300 g/mol. The molecule has 0 aromatic carbocycles. The average molecular weight is 300 g/mol. The van der Waals surface area contributed by atoms with Crippen LogP contribution in [0.25, 0.3) is 0 Å². The van der Waals surface area contributed by atoms with Crippen LogP contribution in [-0.4, -0.2) is 63.6 Å². The number of hydrogen-bond donors (Lipinski definition) is 1. The minimum absolute atomic E-state index is 0.0687. The van der Waals surface area contributed by atoms with Gasteiger partial charge in [0.15, 0.2) is 0 Å². The van der Waals surface area contributed by atoms with Gasteiger partial charge in [-0.05, 0) is 31.4 Å². The zero-order valence-corrected chi connectivity index (χ0v) is 13.0. The Kier molecular flexibility index (Phi) is 5.18. The summed E-state index contributed by atoms with van der Waals surface area (Å²) >= 11 is 1.87. The van der Waals surface area contributed by atoms with Gasteiger partial charge in [0.2, 0.25) is 0 Å². The first-order valence-corrected chi connectivity index (χ1v) is 8.65. The molecule has 2 amide bonds. The molecular weight excluding hydrogens is 276 g/mol. The number of hydrogen-bond acceptors (Lipinski definition) is 3. The molecule has 0 spiro atoms. The molecule has 1 unspecified atom stereocenters. The molecule has 0 saturated carbocycles. The molecule has 2 fully saturated rings. The van der Waals surface area contributed by atoms with Gasteiger partial charge in [-0.1, -0.05) is 13.3 Å². The Morgan fingerprint density at radius 1 is 1.20 bits per heavy atom. The molecular formula is C14H24N2O3S. The lowest BCUT2D eigenvalue weighted by atomic mass is 9.91. The molecule has 6 heteroatoms. The third-order valence-electron chi connectivity index (χ3n) is 4.27. The van der Waals surface area contributed by atoms with Gasteiger partial charge in [0.25, 0.3) is 0 Å². The number of aliphatic carboxylic acids is 1. The summed E-state index contributed by atoms with van der Waals surface area (Å²) in [6.45, 7) is 4.05. The molecule has 0 radical (unpaired) electrons. The third-order valence-corrected chi connectivity index (χ3v) is 5.32.